The van der Waals surface area contributed by atoms with Gasteiger partial charge in [-0.3, -0.25) is 9.59 Å². The molecule has 0 unspecified atom stereocenters. The number of hydrogen-bond acceptors (Lipinski definition) is 3. The Balaban J connectivity index is 1.69. The number of nitrogens with one attached hydrogen (secondary N) is 1. The lowest BCUT2D eigenvalue weighted by atomic mass is 9.90. The molecule has 1 aromatic heterocycles. The number of carbonyl (C=O) groups excluding carboxylic acids is 2. The van der Waals surface area contributed by atoms with Gasteiger partial charge in [-0.05, 0) is 29.2 Å². The smallest absolute Gasteiger partial charge is 0.251 e. The molecule has 0 saturated carbocycles. The number of thiophene rings is 1. The van der Waals surface area contributed by atoms with Gasteiger partial charge < -0.3 is 11.1 Å². The minimum absolute atomic E-state index is 0.197. The molecule has 0 aliphatic heterocycles. The van der Waals surface area contributed by atoms with Crippen molar-refractivity contribution in [3.8, 4) is 0 Å². The molecule has 4 nitrogen and oxygen atoms in total. The van der Waals surface area contributed by atoms with E-state index in [9.17, 15) is 9.59 Å². The second-order valence-corrected chi connectivity index (χ2v) is 8.73. The first-order valence-electron chi connectivity index (χ1n) is 10.4. The van der Waals surface area contributed by atoms with Gasteiger partial charge in [-0.15, -0.1) is 11.3 Å². The lowest BCUT2D eigenvalue weighted by Gasteiger charge is -2.17. The molecule has 2 amide bonds. The van der Waals surface area contributed by atoms with Crippen LogP contribution < -0.4 is 11.1 Å². The highest BCUT2D eigenvalue weighted by atomic mass is 32.1. The predicted octanol–water partition coefficient (Wildman–Crippen LogP) is 5.52. The summed E-state index contributed by atoms with van der Waals surface area (Å²) >= 11 is 1.41. The van der Waals surface area contributed by atoms with Crippen LogP contribution in [0.15, 0.2) is 91.0 Å². The van der Waals surface area contributed by atoms with E-state index in [0.717, 1.165) is 27.1 Å². The third-order valence-corrected chi connectivity index (χ3v) is 6.67. The second-order valence-electron chi connectivity index (χ2n) is 7.62. The quantitative estimate of drug-likeness (QED) is 0.397. The summed E-state index contributed by atoms with van der Waals surface area (Å²) in [5, 5.41) is 3.52. The number of amides is 2. The summed E-state index contributed by atoms with van der Waals surface area (Å²) in [5.74, 6) is -1.24. The first-order valence-corrected chi connectivity index (χ1v) is 11.2. The van der Waals surface area contributed by atoms with Gasteiger partial charge in [0, 0.05) is 11.3 Å². The molecule has 0 aliphatic rings. The molecule has 0 radical (unpaired) electrons. The molecular weight excluding hydrogens is 416 g/mol. The van der Waals surface area contributed by atoms with E-state index >= 15 is 0 Å². The van der Waals surface area contributed by atoms with Crippen molar-refractivity contribution in [2.24, 2.45) is 5.73 Å². The topological polar surface area (TPSA) is 72.2 Å². The van der Waals surface area contributed by atoms with Gasteiger partial charge in [-0.1, -0.05) is 91.0 Å². The number of hydrogen-bond donors (Lipinski definition) is 2. The standard InChI is InChI=1S/C27H24N2O2S/c1-18-22(17-19-11-5-2-6-12-19)32-27(23(18)25(28)30)29-26(31)24(20-13-7-3-8-14-20)21-15-9-4-10-16-21/h2-16,24H,17H2,1H3,(H2,28,30)(H,29,31). The average Bonchev–Trinajstić information content (AvgIpc) is 3.10. The van der Waals surface area contributed by atoms with E-state index in [1.54, 1.807) is 0 Å². The number of benzene rings is 3. The van der Waals surface area contributed by atoms with E-state index in [0.29, 0.717) is 17.0 Å². The van der Waals surface area contributed by atoms with Crippen LogP contribution in [-0.2, 0) is 11.2 Å². The summed E-state index contributed by atoms with van der Waals surface area (Å²) in [6, 6.07) is 29.3. The fourth-order valence-electron chi connectivity index (χ4n) is 3.87. The summed E-state index contributed by atoms with van der Waals surface area (Å²) in [4.78, 5) is 26.8. The molecule has 0 fully saturated rings. The molecule has 32 heavy (non-hydrogen) atoms. The van der Waals surface area contributed by atoms with Crippen molar-refractivity contribution in [3.63, 3.8) is 0 Å². The van der Waals surface area contributed by atoms with Crippen molar-refractivity contribution >= 4 is 28.2 Å². The molecule has 4 aromatic rings. The minimum atomic E-state index is -0.538. The van der Waals surface area contributed by atoms with Gasteiger partial charge in [-0.25, -0.2) is 0 Å². The molecule has 0 aliphatic carbocycles. The number of anilines is 1. The average molecular weight is 441 g/mol. The zero-order chi connectivity index (χ0) is 22.5. The molecule has 4 rings (SSSR count). The maximum absolute atomic E-state index is 13.5. The van der Waals surface area contributed by atoms with E-state index in [1.165, 1.54) is 11.3 Å². The lowest BCUT2D eigenvalue weighted by molar-refractivity contribution is -0.116. The molecule has 1 heterocycles. The molecular formula is C27H24N2O2S. The summed E-state index contributed by atoms with van der Waals surface area (Å²) in [5.41, 5.74) is 9.82. The van der Waals surface area contributed by atoms with E-state index in [2.05, 4.69) is 5.32 Å². The number of nitrogens with two attached hydrogens (primary N) is 1. The fraction of sp³-hybridized carbons (Fsp3) is 0.111. The van der Waals surface area contributed by atoms with Crippen molar-refractivity contribution in [2.75, 3.05) is 5.32 Å². The number of rotatable bonds is 7. The number of primary amides is 1. The molecule has 5 heteroatoms. The van der Waals surface area contributed by atoms with Gasteiger partial charge in [0.1, 0.15) is 5.00 Å². The molecule has 0 bridgehead atoms. The van der Waals surface area contributed by atoms with E-state index in [4.69, 9.17) is 5.73 Å². The van der Waals surface area contributed by atoms with Crippen molar-refractivity contribution in [2.45, 2.75) is 19.3 Å². The highest BCUT2D eigenvalue weighted by molar-refractivity contribution is 7.17. The molecule has 3 aromatic carbocycles. The highest BCUT2D eigenvalue weighted by Gasteiger charge is 2.26. The molecule has 0 saturated heterocycles. The van der Waals surface area contributed by atoms with Crippen LogP contribution in [-0.4, -0.2) is 11.8 Å². The van der Waals surface area contributed by atoms with Gasteiger partial charge in [-0.2, -0.15) is 0 Å². The fourth-order valence-corrected chi connectivity index (χ4v) is 5.11. The third-order valence-electron chi connectivity index (χ3n) is 5.46. The van der Waals surface area contributed by atoms with Gasteiger partial charge >= 0.3 is 0 Å². The van der Waals surface area contributed by atoms with Crippen LogP contribution in [0, 0.1) is 6.92 Å². The Morgan fingerprint density at radius 1 is 0.844 bits per heavy atom. The van der Waals surface area contributed by atoms with Gasteiger partial charge in [0.15, 0.2) is 0 Å². The Hall–Kier alpha value is -3.70. The molecule has 0 spiro atoms. The lowest BCUT2D eigenvalue weighted by Crippen LogP contribution is -2.23. The van der Waals surface area contributed by atoms with Crippen molar-refractivity contribution < 1.29 is 9.59 Å². The van der Waals surface area contributed by atoms with Crippen LogP contribution >= 0.6 is 11.3 Å². The van der Waals surface area contributed by atoms with Gasteiger partial charge in [0.25, 0.3) is 5.91 Å². The van der Waals surface area contributed by atoms with E-state index in [1.807, 2.05) is 97.9 Å². The third kappa shape index (κ3) is 4.63. The van der Waals surface area contributed by atoms with E-state index < -0.39 is 11.8 Å². The maximum Gasteiger partial charge on any atom is 0.251 e. The predicted molar refractivity (Wildman–Crippen MR) is 130 cm³/mol. The van der Waals surface area contributed by atoms with Crippen LogP contribution in [0.1, 0.15) is 43.4 Å². The van der Waals surface area contributed by atoms with Crippen LogP contribution in [0.25, 0.3) is 0 Å². The van der Waals surface area contributed by atoms with Crippen molar-refractivity contribution in [3.05, 3.63) is 124 Å². The van der Waals surface area contributed by atoms with Crippen LogP contribution in [0.3, 0.4) is 0 Å². The van der Waals surface area contributed by atoms with Gasteiger partial charge in [0.2, 0.25) is 5.91 Å². The second kappa shape index (κ2) is 9.62. The summed E-state index contributed by atoms with van der Waals surface area (Å²) in [7, 11) is 0. The van der Waals surface area contributed by atoms with Crippen LogP contribution in [0.4, 0.5) is 5.00 Å². The zero-order valence-electron chi connectivity index (χ0n) is 17.7. The first kappa shape index (κ1) is 21.5. The zero-order valence-corrected chi connectivity index (χ0v) is 18.6. The summed E-state index contributed by atoms with van der Waals surface area (Å²) in [6.45, 7) is 1.89. The summed E-state index contributed by atoms with van der Waals surface area (Å²) in [6.07, 6.45) is 0.675. The first-order chi connectivity index (χ1) is 15.5. The Morgan fingerprint density at radius 3 is 1.84 bits per heavy atom. The normalized spacial score (nSPS) is 10.8. The van der Waals surface area contributed by atoms with E-state index in [-0.39, 0.29) is 5.91 Å². The molecule has 0 atom stereocenters. The Labute approximate surface area is 191 Å². The van der Waals surface area contributed by atoms with Crippen LogP contribution in [0.2, 0.25) is 0 Å². The highest BCUT2D eigenvalue weighted by Crippen LogP contribution is 2.36. The maximum atomic E-state index is 13.5. The molecule has 3 N–H and O–H groups in total. The summed E-state index contributed by atoms with van der Waals surface area (Å²) < 4.78 is 0. The minimum Gasteiger partial charge on any atom is -0.365 e. The Bertz CT molecular complexity index is 1180. The Morgan fingerprint density at radius 2 is 1.34 bits per heavy atom. The van der Waals surface area contributed by atoms with Gasteiger partial charge in [0.05, 0.1) is 11.5 Å². The van der Waals surface area contributed by atoms with Crippen LogP contribution in [0.5, 0.6) is 0 Å². The largest absolute Gasteiger partial charge is 0.365 e. The molecule has 160 valence electrons. The van der Waals surface area contributed by atoms with Crippen molar-refractivity contribution in [1.82, 2.24) is 0 Å². The number of carbonyl (C=O) groups is 2. The Kier molecular flexibility index (Phi) is 6.47. The monoisotopic (exact) mass is 440 g/mol. The SMILES string of the molecule is Cc1c(Cc2ccccc2)sc(NC(=O)C(c2ccccc2)c2ccccc2)c1C(N)=O. The van der Waals surface area contributed by atoms with Crippen molar-refractivity contribution in [1.29, 1.82) is 0 Å².